The summed E-state index contributed by atoms with van der Waals surface area (Å²) >= 11 is 0. The summed E-state index contributed by atoms with van der Waals surface area (Å²) in [6, 6.07) is -1.49. The molecule has 0 aromatic rings. The van der Waals surface area contributed by atoms with Gasteiger partial charge in [0, 0.05) is 13.0 Å². The van der Waals surface area contributed by atoms with Gasteiger partial charge in [-0.15, -0.1) is 0 Å². The molecule has 332 valence electrons. The summed E-state index contributed by atoms with van der Waals surface area (Å²) in [6.07, 6.45) is 58.3. The van der Waals surface area contributed by atoms with Gasteiger partial charge in [-0.2, -0.15) is 0 Å². The highest BCUT2D eigenvalue weighted by atomic mass is 31.2. The summed E-state index contributed by atoms with van der Waals surface area (Å²) in [4.78, 5) is 33.5. The molecule has 4 N–H and O–H groups in total. The first-order valence-electron chi connectivity index (χ1n) is 21.6. The highest BCUT2D eigenvalue weighted by Crippen LogP contribution is 2.43. The van der Waals surface area contributed by atoms with E-state index in [0.29, 0.717) is 13.0 Å². The molecule has 0 aliphatic heterocycles. The summed E-state index contributed by atoms with van der Waals surface area (Å²) in [6.45, 7) is 3.48. The third-order valence-corrected chi connectivity index (χ3v) is 9.19. The van der Waals surface area contributed by atoms with Crippen LogP contribution in [0.2, 0.25) is 0 Å². The van der Waals surface area contributed by atoms with E-state index in [9.17, 15) is 19.0 Å². The Balaban J connectivity index is 4.43. The number of phosphoric ester groups is 1. The van der Waals surface area contributed by atoms with E-state index in [4.69, 9.17) is 29.4 Å². The molecule has 3 unspecified atom stereocenters. The molecule has 0 radical (unpaired) electrons. The summed E-state index contributed by atoms with van der Waals surface area (Å²) in [5, 5.41) is 8.90. The van der Waals surface area contributed by atoms with Crippen molar-refractivity contribution in [3.8, 4) is 0 Å². The van der Waals surface area contributed by atoms with E-state index in [0.717, 1.165) is 103 Å². The Morgan fingerprint density at radius 1 is 0.542 bits per heavy atom. The van der Waals surface area contributed by atoms with Crippen LogP contribution in [0.5, 0.6) is 0 Å². The maximum absolute atomic E-state index is 12.6. The van der Waals surface area contributed by atoms with Crippen molar-refractivity contribution in [3.05, 3.63) is 122 Å². The molecule has 0 aliphatic carbocycles. The van der Waals surface area contributed by atoms with Crippen molar-refractivity contribution < 1.29 is 42.7 Å². The lowest BCUT2D eigenvalue weighted by atomic mass is 10.2. The highest BCUT2D eigenvalue weighted by Gasteiger charge is 2.27. The number of carbonyl (C=O) groups excluding carboxylic acids is 1. The number of phosphoric acid groups is 1. The van der Waals surface area contributed by atoms with E-state index in [1.165, 1.54) is 0 Å². The zero-order valence-corrected chi connectivity index (χ0v) is 36.9. The number of hydrogen-bond acceptors (Lipinski definition) is 8. The fraction of sp³-hybridized carbons (Fsp3) is 0.542. The van der Waals surface area contributed by atoms with Crippen LogP contribution >= 0.6 is 7.82 Å². The van der Waals surface area contributed by atoms with Gasteiger partial charge in [0.15, 0.2) is 0 Å². The van der Waals surface area contributed by atoms with E-state index < -0.39 is 45.1 Å². The maximum atomic E-state index is 12.6. The van der Waals surface area contributed by atoms with Gasteiger partial charge in [-0.25, -0.2) is 4.57 Å². The van der Waals surface area contributed by atoms with Gasteiger partial charge in [-0.3, -0.25) is 18.6 Å². The average Bonchev–Trinajstić information content (AvgIpc) is 3.21. The van der Waals surface area contributed by atoms with Crippen molar-refractivity contribution >= 4 is 19.8 Å². The van der Waals surface area contributed by atoms with Gasteiger partial charge in [0.1, 0.15) is 12.1 Å². The quantitative estimate of drug-likeness (QED) is 0.0236. The normalized spacial score (nSPS) is 15.1. The third-order valence-electron chi connectivity index (χ3n) is 8.24. The Bertz CT molecular complexity index is 1390. The van der Waals surface area contributed by atoms with Crippen LogP contribution in [-0.2, 0) is 32.7 Å². The molecule has 0 heterocycles. The second-order valence-electron chi connectivity index (χ2n) is 13.7. The van der Waals surface area contributed by atoms with Crippen LogP contribution in [0.15, 0.2) is 122 Å². The summed E-state index contributed by atoms with van der Waals surface area (Å²) in [5.41, 5.74) is 5.35. The topological polar surface area (TPSA) is 155 Å². The Kier molecular flexibility index (Phi) is 39.9. The first-order chi connectivity index (χ1) is 28.7. The second-order valence-corrected chi connectivity index (χ2v) is 15.2. The summed E-state index contributed by atoms with van der Waals surface area (Å²) in [7, 11) is -4.65. The molecule has 0 saturated heterocycles. The summed E-state index contributed by atoms with van der Waals surface area (Å²) < 4.78 is 33.3. The lowest BCUT2D eigenvalue weighted by Gasteiger charge is -2.20. The van der Waals surface area contributed by atoms with Crippen LogP contribution in [0.4, 0.5) is 0 Å². The smallest absolute Gasteiger partial charge is 0.472 e. The molecule has 0 aromatic carbocycles. The van der Waals surface area contributed by atoms with E-state index in [1.54, 1.807) is 0 Å². The molecule has 59 heavy (non-hydrogen) atoms. The van der Waals surface area contributed by atoms with E-state index >= 15 is 0 Å². The maximum Gasteiger partial charge on any atom is 0.472 e. The first-order valence-corrected chi connectivity index (χ1v) is 23.1. The monoisotopic (exact) mass is 842 g/mol. The van der Waals surface area contributed by atoms with Crippen LogP contribution < -0.4 is 5.73 Å². The van der Waals surface area contributed by atoms with Gasteiger partial charge in [0.25, 0.3) is 0 Å². The average molecular weight is 842 g/mol. The van der Waals surface area contributed by atoms with E-state index in [1.807, 2.05) is 0 Å². The molecule has 3 atom stereocenters. The number of carboxylic acid groups (broad SMARTS) is 1. The van der Waals surface area contributed by atoms with Gasteiger partial charge < -0.3 is 25.2 Å². The van der Waals surface area contributed by atoms with Crippen LogP contribution in [0, 0.1) is 0 Å². The standard InChI is InChI=1S/C48H76NO9P/c1-3-5-7-9-11-13-15-17-19-21-22-23-24-25-26-28-30-32-34-36-38-40-47(50)58-45(43-56-59(53,54)57-44-46(49)48(51)52)42-55-41-39-37-35-33-31-29-27-20-18-16-14-12-10-8-6-4-2/h5-8,11-14,17-20,22-23,25-26,29-32,45-46H,3-4,9-10,15-16,21,24,27-28,33-44,49H2,1-2H3,(H,51,52)(H,53,54)/b7-5-,8-6-,13-11-,14-12-,19-17-,20-18-,23-22-,26-25-,31-29-,32-30-. The van der Waals surface area contributed by atoms with Gasteiger partial charge in [0.2, 0.25) is 0 Å². The van der Waals surface area contributed by atoms with Crippen molar-refractivity contribution in [2.75, 3.05) is 26.4 Å². The van der Waals surface area contributed by atoms with Crippen LogP contribution in [0.3, 0.4) is 0 Å². The van der Waals surface area contributed by atoms with Crippen molar-refractivity contribution in [2.45, 2.75) is 142 Å². The Hall–Kier alpha value is -3.63. The number of carboxylic acids is 1. The predicted molar refractivity (Wildman–Crippen MR) is 244 cm³/mol. The van der Waals surface area contributed by atoms with Crippen molar-refractivity contribution in [3.63, 3.8) is 0 Å². The largest absolute Gasteiger partial charge is 0.480 e. The molecule has 0 spiro atoms. The molecule has 11 heteroatoms. The molecular formula is C48H76NO9P. The lowest BCUT2D eigenvalue weighted by molar-refractivity contribution is -0.154. The van der Waals surface area contributed by atoms with Gasteiger partial charge in [-0.05, 0) is 103 Å². The number of rotatable bonds is 39. The molecule has 0 saturated carbocycles. The molecule has 0 rings (SSSR count). The first kappa shape index (κ1) is 55.4. The zero-order valence-electron chi connectivity index (χ0n) is 36.0. The number of allylic oxidation sites excluding steroid dienone is 20. The molecule has 0 bridgehead atoms. The van der Waals surface area contributed by atoms with Gasteiger partial charge in [0.05, 0.1) is 19.8 Å². The van der Waals surface area contributed by atoms with Crippen LogP contribution in [-0.4, -0.2) is 60.5 Å². The van der Waals surface area contributed by atoms with Crippen molar-refractivity contribution in [1.82, 2.24) is 0 Å². The number of aliphatic carboxylic acids is 1. The number of unbranched alkanes of at least 4 members (excludes halogenated alkanes) is 5. The highest BCUT2D eigenvalue weighted by molar-refractivity contribution is 7.47. The molecule has 10 nitrogen and oxygen atoms in total. The molecule has 0 amide bonds. The number of carbonyl (C=O) groups is 2. The Labute approximate surface area is 356 Å². The lowest BCUT2D eigenvalue weighted by Crippen LogP contribution is -2.34. The molecule has 0 aromatic heterocycles. The fourth-order valence-electron chi connectivity index (χ4n) is 4.95. The SMILES string of the molecule is CC/C=C\C/C=C\C/C=C\C/C=C\C/C=C\C/C=C\CCCCC(=O)OC(COCCCCC/C=C\C/C=C\C/C=C\C/C=C\CC)COP(=O)(O)OCC(N)C(=O)O. The van der Waals surface area contributed by atoms with Crippen LogP contribution in [0.1, 0.15) is 129 Å². The number of hydrogen-bond donors (Lipinski definition) is 3. The van der Waals surface area contributed by atoms with Crippen molar-refractivity contribution in [2.24, 2.45) is 5.73 Å². The van der Waals surface area contributed by atoms with Gasteiger partial charge >= 0.3 is 19.8 Å². The number of ether oxygens (including phenoxy) is 2. The Morgan fingerprint density at radius 3 is 1.36 bits per heavy atom. The Morgan fingerprint density at radius 2 is 0.932 bits per heavy atom. The van der Waals surface area contributed by atoms with Gasteiger partial charge in [-0.1, -0.05) is 142 Å². The molecule has 0 fully saturated rings. The fourth-order valence-corrected chi connectivity index (χ4v) is 5.73. The molecule has 0 aliphatic rings. The number of nitrogens with two attached hydrogens (primary N) is 1. The van der Waals surface area contributed by atoms with E-state index in [-0.39, 0.29) is 13.0 Å². The minimum atomic E-state index is -4.65. The predicted octanol–water partition coefficient (Wildman–Crippen LogP) is 12.1. The second kappa shape index (κ2) is 42.5. The van der Waals surface area contributed by atoms with Crippen molar-refractivity contribution in [1.29, 1.82) is 0 Å². The minimum absolute atomic E-state index is 0.0320. The number of esters is 1. The minimum Gasteiger partial charge on any atom is -0.480 e. The molecular weight excluding hydrogens is 766 g/mol. The van der Waals surface area contributed by atoms with Crippen LogP contribution in [0.25, 0.3) is 0 Å². The third kappa shape index (κ3) is 42.3. The summed E-state index contributed by atoms with van der Waals surface area (Å²) in [5.74, 6) is -1.85. The van der Waals surface area contributed by atoms with E-state index in [2.05, 4.69) is 135 Å². The zero-order chi connectivity index (χ0) is 43.3.